The van der Waals surface area contributed by atoms with Crippen LogP contribution in [0.15, 0.2) is 41.8 Å². The Morgan fingerprint density at radius 1 is 1.25 bits per heavy atom. The zero-order valence-corrected chi connectivity index (χ0v) is 14.0. The number of aromatic nitrogens is 2. The number of carbonyl (C=O) groups is 2. The van der Waals surface area contributed by atoms with E-state index >= 15 is 0 Å². The van der Waals surface area contributed by atoms with Crippen LogP contribution in [-0.2, 0) is 4.79 Å². The number of fused-ring (bicyclic) bond motifs is 1. The van der Waals surface area contributed by atoms with Gasteiger partial charge in [-0.05, 0) is 30.0 Å². The third-order valence-corrected chi connectivity index (χ3v) is 4.44. The molecule has 0 bridgehead atoms. The van der Waals surface area contributed by atoms with Gasteiger partial charge in [0.25, 0.3) is 5.91 Å². The minimum Gasteiger partial charge on any atom is -0.340 e. The molecule has 2 amide bonds. The Hall–Kier alpha value is -2.67. The third kappa shape index (κ3) is 3.62. The Balaban J connectivity index is 1.70. The molecule has 0 saturated heterocycles. The number of nitrogens with zero attached hydrogens (tertiary/aromatic N) is 1. The lowest BCUT2D eigenvalue weighted by Crippen LogP contribution is -2.43. The summed E-state index contributed by atoms with van der Waals surface area (Å²) in [5, 5.41) is 7.37. The molecule has 0 unspecified atom stereocenters. The molecule has 0 spiro atoms. The SMILES string of the molecule is CCC[C@@H](NC(=O)c1cccs1)C(=O)Nc1nc2ccccc2[nH]1. The first-order valence-corrected chi connectivity index (χ1v) is 8.65. The molecular weight excluding hydrogens is 324 g/mol. The van der Waals surface area contributed by atoms with Gasteiger partial charge in [0.05, 0.1) is 15.9 Å². The molecule has 1 aromatic carbocycles. The van der Waals surface area contributed by atoms with Gasteiger partial charge in [0.1, 0.15) is 6.04 Å². The number of hydrogen-bond donors (Lipinski definition) is 3. The van der Waals surface area contributed by atoms with Crippen LogP contribution in [0.3, 0.4) is 0 Å². The number of hydrogen-bond acceptors (Lipinski definition) is 4. The Kier molecular flexibility index (Phi) is 4.90. The van der Waals surface area contributed by atoms with Crippen LogP contribution in [0.4, 0.5) is 5.95 Å². The van der Waals surface area contributed by atoms with Crippen molar-refractivity contribution in [2.45, 2.75) is 25.8 Å². The molecule has 24 heavy (non-hydrogen) atoms. The molecule has 0 radical (unpaired) electrons. The molecular formula is C17H18N4O2S. The van der Waals surface area contributed by atoms with Gasteiger partial charge in [-0.15, -0.1) is 11.3 Å². The van der Waals surface area contributed by atoms with Gasteiger partial charge in [0, 0.05) is 0 Å². The summed E-state index contributed by atoms with van der Waals surface area (Å²) in [7, 11) is 0. The van der Waals surface area contributed by atoms with Crippen LogP contribution in [0.25, 0.3) is 11.0 Å². The zero-order chi connectivity index (χ0) is 16.9. The Morgan fingerprint density at radius 2 is 2.08 bits per heavy atom. The van der Waals surface area contributed by atoms with Crippen molar-refractivity contribution >= 4 is 40.1 Å². The monoisotopic (exact) mass is 342 g/mol. The molecule has 0 saturated carbocycles. The van der Waals surface area contributed by atoms with E-state index in [4.69, 9.17) is 0 Å². The van der Waals surface area contributed by atoms with Crippen molar-refractivity contribution in [2.24, 2.45) is 0 Å². The Morgan fingerprint density at radius 3 is 2.79 bits per heavy atom. The fraction of sp³-hybridized carbons (Fsp3) is 0.235. The highest BCUT2D eigenvalue weighted by Gasteiger charge is 2.22. The normalized spacial score (nSPS) is 12.0. The van der Waals surface area contributed by atoms with E-state index in [0.29, 0.717) is 17.2 Å². The number of imidazole rings is 1. The van der Waals surface area contributed by atoms with Crippen LogP contribution in [0.1, 0.15) is 29.4 Å². The predicted octanol–water partition coefficient (Wildman–Crippen LogP) is 3.16. The van der Waals surface area contributed by atoms with E-state index in [1.807, 2.05) is 42.6 Å². The van der Waals surface area contributed by atoms with Gasteiger partial charge in [-0.1, -0.05) is 31.5 Å². The summed E-state index contributed by atoms with van der Waals surface area (Å²) in [6.45, 7) is 1.97. The summed E-state index contributed by atoms with van der Waals surface area (Å²) in [5.74, 6) is -0.128. The second-order valence-corrected chi connectivity index (χ2v) is 6.33. The average Bonchev–Trinajstić information content (AvgIpc) is 3.23. The smallest absolute Gasteiger partial charge is 0.261 e. The number of aromatic amines is 1. The molecule has 1 atom stereocenters. The fourth-order valence-electron chi connectivity index (χ4n) is 2.41. The van der Waals surface area contributed by atoms with E-state index in [1.54, 1.807) is 6.07 Å². The first-order valence-electron chi connectivity index (χ1n) is 7.77. The number of amides is 2. The summed E-state index contributed by atoms with van der Waals surface area (Å²) in [4.78, 5) is 32.7. The van der Waals surface area contributed by atoms with Gasteiger partial charge in [0.15, 0.2) is 0 Å². The molecule has 0 aliphatic rings. The number of para-hydroxylation sites is 2. The van der Waals surface area contributed by atoms with Crippen molar-refractivity contribution in [1.29, 1.82) is 0 Å². The number of rotatable bonds is 6. The predicted molar refractivity (Wildman–Crippen MR) is 95.2 cm³/mol. The standard InChI is InChI=1S/C17H18N4O2S/c1-2-6-13(18-16(23)14-9-5-10-24-14)15(22)21-17-19-11-7-3-4-8-12(11)20-17/h3-5,7-10,13H,2,6H2,1H3,(H,18,23)(H2,19,20,21,22)/t13-/m1/s1. The van der Waals surface area contributed by atoms with Crippen LogP contribution in [0.2, 0.25) is 0 Å². The van der Waals surface area contributed by atoms with Crippen molar-refractivity contribution < 1.29 is 9.59 Å². The number of thiophene rings is 1. The van der Waals surface area contributed by atoms with Crippen molar-refractivity contribution in [1.82, 2.24) is 15.3 Å². The van der Waals surface area contributed by atoms with E-state index in [1.165, 1.54) is 11.3 Å². The van der Waals surface area contributed by atoms with Crippen LogP contribution in [-0.4, -0.2) is 27.8 Å². The second kappa shape index (κ2) is 7.27. The number of nitrogens with one attached hydrogen (secondary N) is 3. The first kappa shape index (κ1) is 16.2. The molecule has 2 heterocycles. The minimum atomic E-state index is -0.599. The summed E-state index contributed by atoms with van der Waals surface area (Å²) in [6, 6.07) is 10.5. The van der Waals surface area contributed by atoms with Crippen molar-refractivity contribution in [2.75, 3.05) is 5.32 Å². The fourth-order valence-corrected chi connectivity index (χ4v) is 3.04. The lowest BCUT2D eigenvalue weighted by Gasteiger charge is -2.16. The maximum absolute atomic E-state index is 12.5. The van der Waals surface area contributed by atoms with Gasteiger partial charge < -0.3 is 10.3 Å². The van der Waals surface area contributed by atoms with Gasteiger partial charge in [-0.3, -0.25) is 14.9 Å². The summed E-state index contributed by atoms with van der Waals surface area (Å²) < 4.78 is 0. The molecule has 0 fully saturated rings. The molecule has 3 rings (SSSR count). The average molecular weight is 342 g/mol. The number of H-pyrrole nitrogens is 1. The Labute approximate surface area is 143 Å². The minimum absolute atomic E-state index is 0.233. The number of carbonyl (C=O) groups excluding carboxylic acids is 2. The van der Waals surface area contributed by atoms with Gasteiger partial charge in [-0.2, -0.15) is 0 Å². The van der Waals surface area contributed by atoms with Crippen molar-refractivity contribution in [3.05, 3.63) is 46.7 Å². The molecule has 2 aromatic heterocycles. The number of anilines is 1. The lowest BCUT2D eigenvalue weighted by atomic mass is 10.1. The summed E-state index contributed by atoms with van der Waals surface area (Å²) in [5.41, 5.74) is 1.63. The van der Waals surface area contributed by atoms with Crippen molar-refractivity contribution in [3.8, 4) is 0 Å². The quantitative estimate of drug-likeness (QED) is 0.643. The summed E-state index contributed by atoms with van der Waals surface area (Å²) >= 11 is 1.35. The molecule has 7 heteroatoms. The van der Waals surface area contributed by atoms with E-state index < -0.39 is 6.04 Å². The van der Waals surface area contributed by atoms with E-state index in [0.717, 1.165) is 17.5 Å². The number of benzene rings is 1. The molecule has 3 aromatic rings. The van der Waals surface area contributed by atoms with Gasteiger partial charge in [0.2, 0.25) is 11.9 Å². The molecule has 3 N–H and O–H groups in total. The van der Waals surface area contributed by atoms with E-state index in [9.17, 15) is 9.59 Å². The second-order valence-electron chi connectivity index (χ2n) is 5.38. The molecule has 0 aliphatic carbocycles. The van der Waals surface area contributed by atoms with Crippen LogP contribution in [0, 0.1) is 0 Å². The highest BCUT2D eigenvalue weighted by molar-refractivity contribution is 7.12. The largest absolute Gasteiger partial charge is 0.340 e. The topological polar surface area (TPSA) is 86.9 Å². The Bertz CT molecular complexity index is 808. The van der Waals surface area contributed by atoms with Crippen LogP contribution < -0.4 is 10.6 Å². The highest BCUT2D eigenvalue weighted by Crippen LogP contribution is 2.14. The van der Waals surface area contributed by atoms with Crippen LogP contribution in [0.5, 0.6) is 0 Å². The molecule has 124 valence electrons. The van der Waals surface area contributed by atoms with E-state index in [2.05, 4.69) is 20.6 Å². The van der Waals surface area contributed by atoms with E-state index in [-0.39, 0.29) is 11.8 Å². The first-order chi connectivity index (χ1) is 11.7. The van der Waals surface area contributed by atoms with Crippen molar-refractivity contribution in [3.63, 3.8) is 0 Å². The lowest BCUT2D eigenvalue weighted by molar-refractivity contribution is -0.118. The summed E-state index contributed by atoms with van der Waals surface area (Å²) in [6.07, 6.45) is 1.34. The maximum Gasteiger partial charge on any atom is 0.261 e. The zero-order valence-electron chi connectivity index (χ0n) is 13.2. The molecule has 0 aliphatic heterocycles. The third-order valence-electron chi connectivity index (χ3n) is 3.58. The highest BCUT2D eigenvalue weighted by atomic mass is 32.1. The maximum atomic E-state index is 12.5. The van der Waals surface area contributed by atoms with Gasteiger partial charge in [-0.25, -0.2) is 4.98 Å². The van der Waals surface area contributed by atoms with Crippen LogP contribution >= 0.6 is 11.3 Å². The van der Waals surface area contributed by atoms with Gasteiger partial charge >= 0.3 is 0 Å². The molecule has 6 nitrogen and oxygen atoms in total.